The molecule has 0 aliphatic carbocycles. The highest BCUT2D eigenvalue weighted by Crippen LogP contribution is 2.21. The van der Waals surface area contributed by atoms with E-state index >= 15 is 0 Å². The van der Waals surface area contributed by atoms with Crippen LogP contribution in [-0.2, 0) is 6.54 Å². The van der Waals surface area contributed by atoms with E-state index in [4.69, 9.17) is 11.6 Å². The number of carbonyl (C=O) groups is 1. The number of hydrogen-bond donors (Lipinski definition) is 2. The third-order valence-corrected chi connectivity index (χ3v) is 4.90. The van der Waals surface area contributed by atoms with Gasteiger partial charge in [-0.15, -0.1) is 0 Å². The van der Waals surface area contributed by atoms with Crippen molar-refractivity contribution < 1.29 is 9.18 Å². The van der Waals surface area contributed by atoms with Gasteiger partial charge in [0.05, 0.1) is 0 Å². The first-order chi connectivity index (χ1) is 15.1. The van der Waals surface area contributed by atoms with Gasteiger partial charge in [-0.25, -0.2) is 14.4 Å². The van der Waals surface area contributed by atoms with Crippen LogP contribution in [0.5, 0.6) is 0 Å². The molecule has 0 aliphatic heterocycles. The van der Waals surface area contributed by atoms with Crippen molar-refractivity contribution in [2.45, 2.75) is 6.54 Å². The molecule has 1 aromatic heterocycles. The molecule has 31 heavy (non-hydrogen) atoms. The Balaban J connectivity index is 1.47. The zero-order chi connectivity index (χ0) is 21.6. The first-order valence-corrected chi connectivity index (χ1v) is 9.94. The summed E-state index contributed by atoms with van der Waals surface area (Å²) in [5, 5.41) is 6.64. The van der Waals surface area contributed by atoms with Crippen LogP contribution in [0.25, 0.3) is 11.4 Å². The minimum atomic E-state index is -0.352. The normalized spacial score (nSPS) is 10.5. The van der Waals surface area contributed by atoms with Crippen LogP contribution in [0, 0.1) is 5.82 Å². The minimum absolute atomic E-state index is 0.216. The van der Waals surface area contributed by atoms with Crippen molar-refractivity contribution in [3.05, 3.63) is 107 Å². The fraction of sp³-hybridized carbons (Fsp3) is 0.0417. The van der Waals surface area contributed by atoms with Crippen molar-refractivity contribution in [2.24, 2.45) is 0 Å². The fourth-order valence-electron chi connectivity index (χ4n) is 3.00. The van der Waals surface area contributed by atoms with Gasteiger partial charge in [0.15, 0.2) is 5.82 Å². The molecule has 154 valence electrons. The second-order valence-electron chi connectivity index (χ2n) is 6.76. The topological polar surface area (TPSA) is 66.9 Å². The average Bonchev–Trinajstić information content (AvgIpc) is 2.79. The number of aromatic nitrogens is 2. The largest absolute Gasteiger partial charge is 0.348 e. The number of rotatable bonds is 6. The molecule has 0 spiro atoms. The lowest BCUT2D eigenvalue weighted by Crippen LogP contribution is -2.22. The summed E-state index contributed by atoms with van der Waals surface area (Å²) in [6.45, 7) is 0.332. The Labute approximate surface area is 184 Å². The zero-order valence-corrected chi connectivity index (χ0v) is 17.1. The molecule has 2 N–H and O–H groups in total. The molecular weight excluding hydrogens is 415 g/mol. The number of carbonyl (C=O) groups excluding carboxylic acids is 1. The van der Waals surface area contributed by atoms with Gasteiger partial charge in [-0.3, -0.25) is 4.79 Å². The van der Waals surface area contributed by atoms with Gasteiger partial charge < -0.3 is 10.6 Å². The van der Waals surface area contributed by atoms with Crippen LogP contribution in [0.4, 0.5) is 15.9 Å². The molecule has 0 bridgehead atoms. The third kappa shape index (κ3) is 5.24. The van der Waals surface area contributed by atoms with Crippen LogP contribution < -0.4 is 10.6 Å². The number of nitrogens with zero attached hydrogens (tertiary/aromatic N) is 2. The summed E-state index contributed by atoms with van der Waals surface area (Å²) in [5.41, 5.74) is 2.61. The molecule has 0 saturated heterocycles. The molecule has 0 saturated carbocycles. The van der Waals surface area contributed by atoms with Crippen LogP contribution >= 0.6 is 11.6 Å². The zero-order valence-electron chi connectivity index (χ0n) is 16.3. The second kappa shape index (κ2) is 9.36. The maximum absolute atomic E-state index is 13.5. The van der Waals surface area contributed by atoms with Crippen LogP contribution in [0.1, 0.15) is 15.9 Å². The molecule has 4 aromatic rings. The van der Waals surface area contributed by atoms with Gasteiger partial charge in [0, 0.05) is 34.6 Å². The quantitative estimate of drug-likeness (QED) is 0.415. The Kier molecular flexibility index (Phi) is 6.19. The standard InChI is InChI=1S/C24H18ClFN4O/c25-21-10-2-1-5-18(21)15-28-24(31)17-7-4-9-20(14-17)29-22-11-12-27-23(30-22)16-6-3-8-19(26)13-16/h1-14H,15H2,(H,28,31)(H,27,29,30). The van der Waals surface area contributed by atoms with E-state index in [-0.39, 0.29) is 11.7 Å². The maximum Gasteiger partial charge on any atom is 0.251 e. The lowest BCUT2D eigenvalue weighted by atomic mass is 10.1. The van der Waals surface area contributed by atoms with Gasteiger partial charge in [-0.2, -0.15) is 0 Å². The Hall–Kier alpha value is -3.77. The average molecular weight is 433 g/mol. The van der Waals surface area contributed by atoms with Gasteiger partial charge in [-0.1, -0.05) is 48.0 Å². The molecule has 1 heterocycles. The molecule has 0 unspecified atom stereocenters. The van der Waals surface area contributed by atoms with Gasteiger partial charge in [-0.05, 0) is 48.0 Å². The number of benzene rings is 3. The summed E-state index contributed by atoms with van der Waals surface area (Å²) in [6, 6.07) is 22.2. The lowest BCUT2D eigenvalue weighted by molar-refractivity contribution is 0.0951. The molecule has 7 heteroatoms. The van der Waals surface area contributed by atoms with E-state index in [9.17, 15) is 9.18 Å². The number of anilines is 2. The van der Waals surface area contributed by atoms with Crippen molar-refractivity contribution >= 4 is 29.0 Å². The first-order valence-electron chi connectivity index (χ1n) is 9.56. The molecule has 0 atom stereocenters. The fourth-order valence-corrected chi connectivity index (χ4v) is 3.20. The monoisotopic (exact) mass is 432 g/mol. The van der Waals surface area contributed by atoms with Gasteiger partial charge >= 0.3 is 0 Å². The van der Waals surface area contributed by atoms with Crippen LogP contribution in [-0.4, -0.2) is 15.9 Å². The lowest BCUT2D eigenvalue weighted by Gasteiger charge is -2.10. The highest BCUT2D eigenvalue weighted by molar-refractivity contribution is 6.31. The molecular formula is C24H18ClFN4O. The summed E-state index contributed by atoms with van der Waals surface area (Å²) in [5.74, 6) is 0.364. The van der Waals surface area contributed by atoms with Crippen molar-refractivity contribution in [3.63, 3.8) is 0 Å². The summed E-state index contributed by atoms with van der Waals surface area (Å²) < 4.78 is 13.5. The van der Waals surface area contributed by atoms with Crippen molar-refractivity contribution in [1.29, 1.82) is 0 Å². The van der Waals surface area contributed by atoms with Crippen LogP contribution in [0.3, 0.4) is 0 Å². The Morgan fingerprint density at radius 2 is 1.81 bits per heavy atom. The van der Waals surface area contributed by atoms with E-state index in [1.165, 1.54) is 12.1 Å². The predicted molar refractivity (Wildman–Crippen MR) is 120 cm³/mol. The third-order valence-electron chi connectivity index (χ3n) is 4.53. The number of hydrogen-bond acceptors (Lipinski definition) is 4. The van der Waals surface area contributed by atoms with Crippen molar-refractivity contribution in [3.8, 4) is 11.4 Å². The summed E-state index contributed by atoms with van der Waals surface area (Å²) in [6.07, 6.45) is 1.59. The maximum atomic E-state index is 13.5. The molecule has 5 nitrogen and oxygen atoms in total. The van der Waals surface area contributed by atoms with Gasteiger partial charge in [0.1, 0.15) is 11.6 Å². The minimum Gasteiger partial charge on any atom is -0.348 e. The molecule has 4 rings (SSSR count). The Morgan fingerprint density at radius 1 is 0.968 bits per heavy atom. The van der Waals surface area contributed by atoms with Gasteiger partial charge in [0.2, 0.25) is 0 Å². The Morgan fingerprint density at radius 3 is 2.65 bits per heavy atom. The van der Waals surface area contributed by atoms with E-state index in [1.54, 1.807) is 48.7 Å². The number of nitrogens with one attached hydrogen (secondary N) is 2. The van der Waals surface area contributed by atoms with E-state index < -0.39 is 0 Å². The summed E-state index contributed by atoms with van der Waals surface area (Å²) in [7, 11) is 0. The number of amides is 1. The molecule has 3 aromatic carbocycles. The SMILES string of the molecule is O=C(NCc1ccccc1Cl)c1cccc(Nc2ccnc(-c3cccc(F)c3)n2)c1. The summed E-state index contributed by atoms with van der Waals surface area (Å²) >= 11 is 6.14. The van der Waals surface area contributed by atoms with Crippen molar-refractivity contribution in [2.75, 3.05) is 5.32 Å². The summed E-state index contributed by atoms with van der Waals surface area (Å²) in [4.78, 5) is 21.2. The van der Waals surface area contributed by atoms with E-state index in [1.807, 2.05) is 24.3 Å². The molecule has 0 fully saturated rings. The molecule has 1 amide bonds. The predicted octanol–water partition coefficient (Wildman–Crippen LogP) is 5.61. The number of halogens is 2. The van der Waals surface area contributed by atoms with Crippen LogP contribution in [0.2, 0.25) is 5.02 Å². The Bertz CT molecular complexity index is 1230. The van der Waals surface area contributed by atoms with Crippen LogP contribution in [0.15, 0.2) is 85.1 Å². The molecule has 0 aliphatic rings. The second-order valence-corrected chi connectivity index (χ2v) is 7.16. The van der Waals surface area contributed by atoms with Gasteiger partial charge in [0.25, 0.3) is 5.91 Å². The van der Waals surface area contributed by atoms with E-state index in [0.717, 1.165) is 5.56 Å². The van der Waals surface area contributed by atoms with Crippen molar-refractivity contribution in [1.82, 2.24) is 15.3 Å². The van der Waals surface area contributed by atoms with E-state index in [2.05, 4.69) is 20.6 Å². The first kappa shape index (κ1) is 20.5. The molecule has 0 radical (unpaired) electrons. The smallest absolute Gasteiger partial charge is 0.251 e. The van der Waals surface area contributed by atoms with E-state index in [0.29, 0.717) is 40.0 Å². The highest BCUT2D eigenvalue weighted by atomic mass is 35.5. The highest BCUT2D eigenvalue weighted by Gasteiger charge is 2.09.